The molecule has 18 nitrogen and oxygen atoms in total. The topological polar surface area (TPSA) is 197 Å². The molecular weight excluding hydrogens is 795 g/mol. The number of nitrogens with one attached hydrogen (secondary N) is 3. The van der Waals surface area contributed by atoms with Gasteiger partial charge in [-0.3, -0.25) is 34.1 Å². The highest BCUT2D eigenvalue weighted by Gasteiger charge is 2.40. The minimum atomic E-state index is -2.88. The molecule has 5 fully saturated rings. The predicted molar refractivity (Wildman–Crippen MR) is 215 cm³/mol. The Hall–Kier alpha value is -5.86. The molecule has 4 amide bonds. The number of likely N-dealkylation sites (tertiary alicyclic amines) is 2. The predicted octanol–water partition coefficient (Wildman–Crippen LogP) is 3.74. The Morgan fingerprint density at radius 3 is 2.54 bits per heavy atom. The summed E-state index contributed by atoms with van der Waals surface area (Å²) >= 11 is 0. The highest BCUT2D eigenvalue weighted by Crippen LogP contribution is 2.35. The summed E-state index contributed by atoms with van der Waals surface area (Å²) in [6, 6.07) is 7.31. The van der Waals surface area contributed by atoms with E-state index in [4.69, 9.17) is 14.2 Å². The fourth-order valence-corrected chi connectivity index (χ4v) is 9.64. The van der Waals surface area contributed by atoms with Crippen molar-refractivity contribution in [1.82, 2.24) is 44.7 Å². The van der Waals surface area contributed by atoms with Crippen LogP contribution < -0.4 is 20.9 Å². The number of imide groups is 1. The number of benzene rings is 1. The van der Waals surface area contributed by atoms with E-state index in [2.05, 4.69) is 46.0 Å². The average molecular weight is 841 g/mol. The quantitative estimate of drug-likeness (QED) is 0.163. The van der Waals surface area contributed by atoms with E-state index in [1.807, 2.05) is 6.07 Å². The van der Waals surface area contributed by atoms with Crippen molar-refractivity contribution in [3.8, 4) is 0 Å². The van der Waals surface area contributed by atoms with Gasteiger partial charge >= 0.3 is 0 Å². The average Bonchev–Trinajstić information content (AvgIpc) is 4.11. The Kier molecular flexibility index (Phi) is 10.4. The molecule has 1 aromatic carbocycles. The fraction of sp³-hybridized carbons (Fsp3) is 0.512. The Balaban J connectivity index is 0.699. The number of rotatable bonds is 11. The SMILES string of the molecule is O=C1CC[C@H](c2noc3c(NC(=O)CN4CCC(CN5CCC(n6cc(NC(=O)c7cnn8ccc(N9C[C@H]%10C[C@@H]9CO%10)nc78)c(C(F)F)n6)CC5)CC4)cccc23)C(=O)N1. The largest absolute Gasteiger partial charge is 0.374 e. The van der Waals surface area contributed by atoms with Crippen molar-refractivity contribution in [3.05, 3.63) is 59.8 Å². The number of morpholine rings is 1. The van der Waals surface area contributed by atoms with E-state index in [1.54, 1.807) is 29.1 Å². The molecule has 61 heavy (non-hydrogen) atoms. The first-order valence-electron chi connectivity index (χ1n) is 21.0. The monoisotopic (exact) mass is 840 g/mol. The van der Waals surface area contributed by atoms with Gasteiger partial charge in [0.25, 0.3) is 12.3 Å². The number of anilines is 3. The van der Waals surface area contributed by atoms with Crippen LogP contribution in [0.4, 0.5) is 26.0 Å². The molecule has 3 N–H and O–H groups in total. The van der Waals surface area contributed by atoms with Crippen LogP contribution in [0.15, 0.2) is 47.4 Å². The molecule has 10 rings (SSSR count). The molecule has 0 aliphatic carbocycles. The second-order valence-corrected chi connectivity index (χ2v) is 16.8. The zero-order valence-corrected chi connectivity index (χ0v) is 33.3. The van der Waals surface area contributed by atoms with E-state index in [9.17, 15) is 28.0 Å². The smallest absolute Gasteiger partial charge is 0.284 e. The number of carbonyl (C=O) groups is 4. The Morgan fingerprint density at radius 1 is 0.967 bits per heavy atom. The number of piperidine rings is 3. The number of aromatic nitrogens is 6. The Morgan fingerprint density at radius 2 is 1.79 bits per heavy atom. The van der Waals surface area contributed by atoms with Gasteiger partial charge in [-0.2, -0.15) is 10.2 Å². The van der Waals surface area contributed by atoms with Crippen LogP contribution in [-0.2, 0) is 19.1 Å². The van der Waals surface area contributed by atoms with Crippen LogP contribution in [0, 0.1) is 5.92 Å². The van der Waals surface area contributed by atoms with Gasteiger partial charge in [-0.25, -0.2) is 18.3 Å². The number of ether oxygens (including phenoxy) is 1. The number of nitrogens with zero attached hydrogens (tertiary/aromatic N) is 9. The summed E-state index contributed by atoms with van der Waals surface area (Å²) in [5, 5.41) is 21.3. The highest BCUT2D eigenvalue weighted by molar-refractivity contribution is 6.08. The first-order chi connectivity index (χ1) is 29.6. The lowest BCUT2D eigenvalue weighted by molar-refractivity contribution is -0.134. The van der Waals surface area contributed by atoms with Gasteiger partial charge in [0.2, 0.25) is 17.7 Å². The summed E-state index contributed by atoms with van der Waals surface area (Å²) in [4.78, 5) is 62.2. The normalized spacial score (nSPS) is 23.1. The van der Waals surface area contributed by atoms with Crippen LogP contribution >= 0.6 is 0 Å². The van der Waals surface area contributed by atoms with Crippen molar-refractivity contribution >= 4 is 57.4 Å². The molecule has 0 saturated carbocycles. The number of alkyl halides is 2. The second-order valence-electron chi connectivity index (χ2n) is 16.8. The summed E-state index contributed by atoms with van der Waals surface area (Å²) in [5.41, 5.74) is 1.34. The first kappa shape index (κ1) is 39.3. The summed E-state index contributed by atoms with van der Waals surface area (Å²) in [6.45, 7) is 5.65. The molecule has 5 saturated heterocycles. The lowest BCUT2D eigenvalue weighted by Gasteiger charge is -2.37. The molecule has 2 bridgehead atoms. The zero-order valence-electron chi connectivity index (χ0n) is 33.3. The number of amides is 4. The maximum Gasteiger partial charge on any atom is 0.284 e. The van der Waals surface area contributed by atoms with Crippen molar-refractivity contribution in [2.45, 2.75) is 75.5 Å². The standard InChI is InChI=1S/C41H46F2N12O6/c42-38(43)36-31(46-41(59)29-17-44-54-15-10-32(47-39(29)54)53-19-26-16-25(53)22-60-26)20-55(49-36)24-8-13-51(14-9-24)18-23-6-11-52(12-7-23)21-34(57)45-30-3-1-2-27-35(50-61-37(27)30)28-4-5-33(56)48-40(28)58/h1-3,10,15,17,20,23-26,28,38H,4-9,11-14,16,18-19,21-22H2,(H,45,57)(H,46,59)(H,48,56,58)/t25-,26-,28-/m1/s1. The second kappa shape index (κ2) is 16.2. The molecule has 20 heteroatoms. The van der Waals surface area contributed by atoms with E-state index >= 15 is 0 Å². The summed E-state index contributed by atoms with van der Waals surface area (Å²) < 4.78 is 42.9. The van der Waals surface area contributed by atoms with Crippen molar-refractivity contribution in [3.63, 3.8) is 0 Å². The number of hydrogen-bond acceptors (Lipinski definition) is 13. The Labute approximate surface area is 347 Å². The molecule has 0 unspecified atom stereocenters. The van der Waals surface area contributed by atoms with Crippen molar-refractivity contribution in [2.24, 2.45) is 5.92 Å². The summed E-state index contributed by atoms with van der Waals surface area (Å²) in [7, 11) is 0. The van der Waals surface area contributed by atoms with Gasteiger partial charge in [-0.05, 0) is 75.7 Å². The van der Waals surface area contributed by atoms with Crippen LogP contribution in [0.3, 0.4) is 0 Å². The van der Waals surface area contributed by atoms with Crippen molar-refractivity contribution in [1.29, 1.82) is 0 Å². The van der Waals surface area contributed by atoms with Gasteiger partial charge in [0, 0.05) is 50.4 Å². The molecule has 5 aliphatic heterocycles. The third kappa shape index (κ3) is 7.83. The maximum absolute atomic E-state index is 14.3. The number of para-hydroxylation sites is 1. The highest BCUT2D eigenvalue weighted by atomic mass is 19.3. The number of hydrogen-bond donors (Lipinski definition) is 3. The lowest BCUT2D eigenvalue weighted by atomic mass is 9.93. The first-order valence-corrected chi connectivity index (χ1v) is 21.0. The fourth-order valence-electron chi connectivity index (χ4n) is 9.64. The van der Waals surface area contributed by atoms with E-state index < -0.39 is 29.9 Å². The van der Waals surface area contributed by atoms with Crippen LogP contribution in [-0.4, -0.2) is 128 Å². The van der Waals surface area contributed by atoms with Crippen molar-refractivity contribution in [2.75, 3.05) is 68.0 Å². The van der Waals surface area contributed by atoms with Crippen LogP contribution in [0.2, 0.25) is 0 Å². The van der Waals surface area contributed by atoms with Crippen LogP contribution in [0.25, 0.3) is 16.6 Å². The Bertz CT molecular complexity index is 2490. The number of carbonyl (C=O) groups excluding carboxylic acids is 4. The molecule has 5 aromatic rings. The number of halogens is 2. The third-order valence-corrected chi connectivity index (χ3v) is 12.9. The van der Waals surface area contributed by atoms with E-state index in [0.29, 0.717) is 46.9 Å². The minimum Gasteiger partial charge on any atom is -0.374 e. The summed E-state index contributed by atoms with van der Waals surface area (Å²) in [5.74, 6) is -0.877. The van der Waals surface area contributed by atoms with Gasteiger partial charge in [0.05, 0.1) is 54.8 Å². The molecule has 5 aliphatic rings. The van der Waals surface area contributed by atoms with Crippen LogP contribution in [0.5, 0.6) is 0 Å². The molecular formula is C41H46F2N12O6. The van der Waals surface area contributed by atoms with E-state index in [0.717, 1.165) is 77.2 Å². The minimum absolute atomic E-state index is 0.0266. The van der Waals surface area contributed by atoms with Gasteiger partial charge in [0.1, 0.15) is 17.1 Å². The van der Waals surface area contributed by atoms with Gasteiger partial charge in [0.15, 0.2) is 16.9 Å². The molecule has 0 spiro atoms. The molecule has 4 aromatic heterocycles. The molecule has 9 heterocycles. The third-order valence-electron chi connectivity index (χ3n) is 12.9. The van der Waals surface area contributed by atoms with E-state index in [-0.39, 0.29) is 54.2 Å². The van der Waals surface area contributed by atoms with E-state index in [1.165, 1.54) is 16.9 Å². The summed E-state index contributed by atoms with van der Waals surface area (Å²) in [6.07, 6.45) is 6.81. The van der Waals surface area contributed by atoms with Gasteiger partial charge in [-0.1, -0.05) is 11.2 Å². The lowest BCUT2D eigenvalue weighted by Crippen LogP contribution is -2.43. The molecule has 0 radical (unpaired) electrons. The molecule has 3 atom stereocenters. The van der Waals surface area contributed by atoms with Crippen molar-refractivity contribution < 1.29 is 37.2 Å². The van der Waals surface area contributed by atoms with Crippen LogP contribution in [0.1, 0.15) is 85.1 Å². The van der Waals surface area contributed by atoms with Gasteiger partial charge in [-0.15, -0.1) is 0 Å². The van der Waals surface area contributed by atoms with Gasteiger partial charge < -0.3 is 29.7 Å². The molecule has 320 valence electrons. The number of fused-ring (bicyclic) bond motifs is 4. The zero-order chi connectivity index (χ0) is 41.8. The maximum atomic E-state index is 14.3.